The quantitative estimate of drug-likeness (QED) is 0.864. The fourth-order valence-electron chi connectivity index (χ4n) is 4.14. The third-order valence-electron chi connectivity index (χ3n) is 5.47. The summed E-state index contributed by atoms with van der Waals surface area (Å²) >= 11 is 0. The van der Waals surface area contributed by atoms with Crippen molar-refractivity contribution in [3.05, 3.63) is 24.3 Å². The highest BCUT2D eigenvalue weighted by molar-refractivity contribution is 5.76. The minimum absolute atomic E-state index is 0.230. The number of benzene rings is 1. The van der Waals surface area contributed by atoms with Crippen molar-refractivity contribution in [2.24, 2.45) is 5.92 Å². The first kappa shape index (κ1) is 17.1. The second kappa shape index (κ2) is 8.41. The van der Waals surface area contributed by atoms with Crippen molar-refractivity contribution < 1.29 is 9.53 Å². The third-order valence-corrected chi connectivity index (χ3v) is 5.47. The number of methoxy groups -OCH3 is 1. The first-order valence-corrected chi connectivity index (χ1v) is 9.43. The zero-order valence-corrected chi connectivity index (χ0v) is 14.8. The number of rotatable bonds is 6. The Morgan fingerprint density at radius 1 is 1.21 bits per heavy atom. The van der Waals surface area contributed by atoms with E-state index in [1.54, 1.807) is 7.11 Å². The van der Waals surface area contributed by atoms with Gasteiger partial charge in [-0.05, 0) is 37.3 Å². The molecule has 24 heavy (non-hydrogen) atoms. The molecule has 0 bridgehead atoms. The van der Waals surface area contributed by atoms with Crippen LogP contribution in [0, 0.1) is 5.92 Å². The van der Waals surface area contributed by atoms with Crippen LogP contribution < -0.4 is 15.0 Å². The number of hydrogen-bond donors (Lipinski definition) is 1. The molecule has 4 nitrogen and oxygen atoms in total. The Bertz CT molecular complexity index is 540. The van der Waals surface area contributed by atoms with E-state index in [4.69, 9.17) is 4.74 Å². The van der Waals surface area contributed by atoms with E-state index in [2.05, 4.69) is 16.3 Å². The van der Waals surface area contributed by atoms with Gasteiger partial charge < -0.3 is 15.0 Å². The minimum atomic E-state index is 0.230. The number of carbonyl (C=O) groups excluding carboxylic acids is 1. The lowest BCUT2D eigenvalue weighted by molar-refractivity contribution is -0.122. The highest BCUT2D eigenvalue weighted by atomic mass is 16.5. The van der Waals surface area contributed by atoms with E-state index in [1.165, 1.54) is 25.7 Å². The number of nitrogens with zero attached hydrogens (tertiary/aromatic N) is 1. The zero-order chi connectivity index (χ0) is 16.8. The smallest absolute Gasteiger partial charge is 0.220 e. The van der Waals surface area contributed by atoms with E-state index in [-0.39, 0.29) is 11.9 Å². The molecule has 1 aliphatic heterocycles. The van der Waals surface area contributed by atoms with E-state index < -0.39 is 0 Å². The Morgan fingerprint density at radius 2 is 2.00 bits per heavy atom. The van der Waals surface area contributed by atoms with Gasteiger partial charge in [0.05, 0.1) is 12.8 Å². The van der Waals surface area contributed by atoms with Gasteiger partial charge in [0, 0.05) is 25.6 Å². The van der Waals surface area contributed by atoms with Gasteiger partial charge in [0.1, 0.15) is 5.75 Å². The summed E-state index contributed by atoms with van der Waals surface area (Å²) < 4.78 is 5.48. The van der Waals surface area contributed by atoms with Gasteiger partial charge in [-0.15, -0.1) is 0 Å². The second-order valence-electron chi connectivity index (χ2n) is 7.21. The van der Waals surface area contributed by atoms with Crippen molar-refractivity contribution in [1.29, 1.82) is 0 Å². The van der Waals surface area contributed by atoms with Crippen LogP contribution in [0.15, 0.2) is 24.3 Å². The highest BCUT2D eigenvalue weighted by Gasteiger charge is 2.24. The predicted octanol–water partition coefficient (Wildman–Crippen LogP) is 3.75. The van der Waals surface area contributed by atoms with E-state index in [1.807, 2.05) is 18.2 Å². The molecule has 3 rings (SSSR count). The van der Waals surface area contributed by atoms with Crippen molar-refractivity contribution in [2.75, 3.05) is 25.1 Å². The van der Waals surface area contributed by atoms with Gasteiger partial charge in [-0.3, -0.25) is 4.79 Å². The fourth-order valence-corrected chi connectivity index (χ4v) is 4.14. The maximum absolute atomic E-state index is 12.3. The average molecular weight is 330 g/mol. The van der Waals surface area contributed by atoms with Crippen LogP contribution in [-0.2, 0) is 4.79 Å². The molecule has 1 atom stereocenters. The van der Waals surface area contributed by atoms with Crippen LogP contribution in [0.3, 0.4) is 0 Å². The SMILES string of the molecule is COc1ccccc1N1CCCC(NC(=O)CCC2CCCC2)C1. The van der Waals surface area contributed by atoms with Gasteiger partial charge in [0.15, 0.2) is 0 Å². The van der Waals surface area contributed by atoms with Crippen LogP contribution in [0.5, 0.6) is 5.75 Å². The van der Waals surface area contributed by atoms with Crippen LogP contribution in [0.2, 0.25) is 0 Å². The van der Waals surface area contributed by atoms with E-state index >= 15 is 0 Å². The number of amides is 1. The molecule has 1 aromatic rings. The number of nitrogens with one attached hydrogen (secondary N) is 1. The Kier molecular flexibility index (Phi) is 6.00. The topological polar surface area (TPSA) is 41.6 Å². The number of ether oxygens (including phenoxy) is 1. The molecule has 0 radical (unpaired) electrons. The first-order valence-electron chi connectivity index (χ1n) is 9.43. The molecule has 1 amide bonds. The van der Waals surface area contributed by atoms with Crippen molar-refractivity contribution in [3.8, 4) is 5.75 Å². The van der Waals surface area contributed by atoms with E-state index in [0.29, 0.717) is 6.42 Å². The maximum Gasteiger partial charge on any atom is 0.220 e. The van der Waals surface area contributed by atoms with E-state index in [0.717, 1.165) is 49.7 Å². The van der Waals surface area contributed by atoms with Crippen molar-refractivity contribution in [2.45, 2.75) is 57.4 Å². The number of anilines is 1. The summed E-state index contributed by atoms with van der Waals surface area (Å²) in [6.45, 7) is 1.89. The monoisotopic (exact) mass is 330 g/mol. The van der Waals surface area contributed by atoms with Crippen LogP contribution in [-0.4, -0.2) is 32.1 Å². The maximum atomic E-state index is 12.3. The van der Waals surface area contributed by atoms with Crippen LogP contribution >= 0.6 is 0 Å². The van der Waals surface area contributed by atoms with E-state index in [9.17, 15) is 4.79 Å². The lowest BCUT2D eigenvalue weighted by Gasteiger charge is -2.35. The highest BCUT2D eigenvalue weighted by Crippen LogP contribution is 2.30. The summed E-state index contributed by atoms with van der Waals surface area (Å²) in [7, 11) is 1.71. The van der Waals surface area contributed by atoms with Crippen LogP contribution in [0.4, 0.5) is 5.69 Å². The molecule has 132 valence electrons. The molecular formula is C20H30N2O2. The van der Waals surface area contributed by atoms with Crippen molar-refractivity contribution in [1.82, 2.24) is 5.32 Å². The molecule has 0 aromatic heterocycles. The largest absolute Gasteiger partial charge is 0.495 e. The molecule has 1 saturated carbocycles. The number of piperidine rings is 1. The number of hydrogen-bond acceptors (Lipinski definition) is 3. The Hall–Kier alpha value is -1.71. The molecule has 0 spiro atoms. The lowest BCUT2D eigenvalue weighted by Crippen LogP contribution is -2.47. The van der Waals surface area contributed by atoms with Gasteiger partial charge in [-0.1, -0.05) is 37.8 Å². The summed E-state index contributed by atoms with van der Waals surface area (Å²) in [5.74, 6) is 1.92. The third kappa shape index (κ3) is 4.43. The molecular weight excluding hydrogens is 300 g/mol. The molecule has 1 heterocycles. The molecule has 1 aromatic carbocycles. The second-order valence-corrected chi connectivity index (χ2v) is 7.21. The summed E-state index contributed by atoms with van der Waals surface area (Å²) in [5, 5.41) is 3.26. The molecule has 1 aliphatic carbocycles. The van der Waals surface area contributed by atoms with Gasteiger partial charge in [-0.2, -0.15) is 0 Å². The summed E-state index contributed by atoms with van der Waals surface area (Å²) in [6.07, 6.45) is 9.26. The number of para-hydroxylation sites is 2. The number of carbonyl (C=O) groups is 1. The van der Waals surface area contributed by atoms with Gasteiger partial charge in [0.25, 0.3) is 0 Å². The van der Waals surface area contributed by atoms with Crippen LogP contribution in [0.25, 0.3) is 0 Å². The zero-order valence-electron chi connectivity index (χ0n) is 14.8. The standard InChI is InChI=1S/C20H30N2O2/c1-24-19-11-5-4-10-18(19)22-14-6-9-17(15-22)21-20(23)13-12-16-7-2-3-8-16/h4-5,10-11,16-17H,2-3,6-9,12-15H2,1H3,(H,21,23). The van der Waals surface area contributed by atoms with Crippen molar-refractivity contribution >= 4 is 11.6 Å². The summed E-state index contributed by atoms with van der Waals surface area (Å²) in [4.78, 5) is 14.6. The predicted molar refractivity (Wildman–Crippen MR) is 97.6 cm³/mol. The van der Waals surface area contributed by atoms with Gasteiger partial charge in [-0.25, -0.2) is 0 Å². The normalized spacial score (nSPS) is 21.7. The summed E-state index contributed by atoms with van der Waals surface area (Å²) in [5.41, 5.74) is 1.13. The molecule has 1 N–H and O–H groups in total. The Labute approximate surface area is 145 Å². The summed E-state index contributed by atoms with van der Waals surface area (Å²) in [6, 6.07) is 8.39. The Morgan fingerprint density at radius 3 is 2.79 bits per heavy atom. The molecule has 1 unspecified atom stereocenters. The Balaban J connectivity index is 1.50. The fraction of sp³-hybridized carbons (Fsp3) is 0.650. The van der Waals surface area contributed by atoms with Crippen molar-refractivity contribution in [3.63, 3.8) is 0 Å². The van der Waals surface area contributed by atoms with Gasteiger partial charge in [0.2, 0.25) is 5.91 Å². The minimum Gasteiger partial charge on any atom is -0.495 e. The first-order chi connectivity index (χ1) is 11.8. The van der Waals surface area contributed by atoms with Gasteiger partial charge >= 0.3 is 0 Å². The van der Waals surface area contributed by atoms with Crippen LogP contribution in [0.1, 0.15) is 51.4 Å². The lowest BCUT2D eigenvalue weighted by atomic mass is 10.0. The molecule has 1 saturated heterocycles. The average Bonchev–Trinajstić information content (AvgIpc) is 3.14. The molecule has 2 aliphatic rings. The molecule has 4 heteroatoms. The molecule has 2 fully saturated rings.